The summed E-state index contributed by atoms with van der Waals surface area (Å²) in [5.74, 6) is 0. The van der Waals surface area contributed by atoms with E-state index < -0.39 is 10.0 Å². The molecule has 0 radical (unpaired) electrons. The molecule has 0 unspecified atom stereocenters. The Morgan fingerprint density at radius 1 is 0.897 bits per heavy atom. The van der Waals surface area contributed by atoms with Crippen LogP contribution in [-0.2, 0) is 16.4 Å². The Morgan fingerprint density at radius 3 is 2.28 bits per heavy atom. The van der Waals surface area contributed by atoms with Crippen LogP contribution in [-0.4, -0.2) is 21.0 Å². The summed E-state index contributed by atoms with van der Waals surface area (Å²) in [4.78, 5) is 12.5. The second-order valence-electron chi connectivity index (χ2n) is 6.93. The van der Waals surface area contributed by atoms with Crippen LogP contribution in [0.15, 0.2) is 77.7 Å². The van der Waals surface area contributed by atoms with E-state index in [4.69, 9.17) is 0 Å². The first kappa shape index (κ1) is 19.0. The molecule has 0 aliphatic carbocycles. The van der Waals surface area contributed by atoms with Gasteiger partial charge in [0.1, 0.15) is 0 Å². The number of hydrogen-bond acceptors (Lipinski definition) is 3. The van der Waals surface area contributed by atoms with E-state index in [1.54, 1.807) is 42.5 Å². The number of aryl methyl sites for hydroxylation is 1. The van der Waals surface area contributed by atoms with Crippen molar-refractivity contribution in [1.29, 1.82) is 0 Å². The number of urea groups is 1. The Morgan fingerprint density at radius 2 is 1.55 bits per heavy atom. The maximum atomic E-state index is 12.9. The number of rotatable bonds is 4. The van der Waals surface area contributed by atoms with Crippen molar-refractivity contribution in [3.05, 3.63) is 83.9 Å². The van der Waals surface area contributed by atoms with Crippen molar-refractivity contribution in [2.75, 3.05) is 21.5 Å². The fourth-order valence-electron chi connectivity index (χ4n) is 3.35. The highest BCUT2D eigenvalue weighted by molar-refractivity contribution is 7.92. The molecule has 148 valence electrons. The van der Waals surface area contributed by atoms with Crippen molar-refractivity contribution in [2.24, 2.45) is 0 Å². The SMILES string of the molecule is Cc1ccc(NC(=O)Nc2ccc3c(c2)CCN3S(=O)(=O)c2ccccc2)cc1. The molecule has 2 amide bonds. The van der Waals surface area contributed by atoms with Gasteiger partial charge in [0.25, 0.3) is 10.0 Å². The molecule has 3 aromatic rings. The van der Waals surface area contributed by atoms with Gasteiger partial charge in [-0.05, 0) is 61.4 Å². The number of anilines is 3. The number of fused-ring (bicyclic) bond motifs is 1. The molecule has 4 rings (SSSR count). The first-order valence-electron chi connectivity index (χ1n) is 9.29. The normalized spacial score (nSPS) is 13.1. The van der Waals surface area contributed by atoms with E-state index in [-0.39, 0.29) is 10.9 Å². The highest BCUT2D eigenvalue weighted by Crippen LogP contribution is 2.34. The van der Waals surface area contributed by atoms with Gasteiger partial charge >= 0.3 is 6.03 Å². The molecule has 1 aliphatic rings. The van der Waals surface area contributed by atoms with E-state index in [1.165, 1.54) is 4.31 Å². The van der Waals surface area contributed by atoms with Crippen LogP contribution in [0, 0.1) is 6.92 Å². The average Bonchev–Trinajstić information content (AvgIpc) is 3.14. The van der Waals surface area contributed by atoms with Gasteiger partial charge in [-0.25, -0.2) is 13.2 Å². The van der Waals surface area contributed by atoms with Gasteiger partial charge in [0.05, 0.1) is 10.6 Å². The van der Waals surface area contributed by atoms with E-state index in [2.05, 4.69) is 10.6 Å². The Kier molecular flexibility index (Phi) is 4.98. The van der Waals surface area contributed by atoms with Crippen LogP contribution in [0.3, 0.4) is 0 Å². The van der Waals surface area contributed by atoms with Crippen LogP contribution in [0.1, 0.15) is 11.1 Å². The van der Waals surface area contributed by atoms with Gasteiger partial charge in [-0.15, -0.1) is 0 Å². The Labute approximate surface area is 170 Å². The largest absolute Gasteiger partial charge is 0.323 e. The second-order valence-corrected chi connectivity index (χ2v) is 8.79. The lowest BCUT2D eigenvalue weighted by Crippen LogP contribution is -2.29. The third kappa shape index (κ3) is 3.95. The summed E-state index contributed by atoms with van der Waals surface area (Å²) in [5.41, 5.74) is 3.97. The van der Waals surface area contributed by atoms with Gasteiger partial charge in [-0.1, -0.05) is 35.9 Å². The molecule has 0 atom stereocenters. The molecule has 0 saturated heterocycles. The Bertz CT molecular complexity index is 1140. The molecule has 0 bridgehead atoms. The molecular weight excluding hydrogens is 386 g/mol. The zero-order valence-electron chi connectivity index (χ0n) is 15.9. The molecule has 0 spiro atoms. The monoisotopic (exact) mass is 407 g/mol. The highest BCUT2D eigenvalue weighted by Gasteiger charge is 2.30. The summed E-state index contributed by atoms with van der Waals surface area (Å²) in [7, 11) is -3.60. The third-order valence-electron chi connectivity index (χ3n) is 4.83. The molecule has 2 N–H and O–H groups in total. The summed E-state index contributed by atoms with van der Waals surface area (Å²) in [6.45, 7) is 2.36. The maximum Gasteiger partial charge on any atom is 0.323 e. The van der Waals surface area contributed by atoms with Gasteiger partial charge in [0, 0.05) is 17.9 Å². The van der Waals surface area contributed by atoms with Crippen LogP contribution in [0.4, 0.5) is 21.9 Å². The number of hydrogen-bond donors (Lipinski definition) is 2. The number of carbonyl (C=O) groups excluding carboxylic acids is 1. The fraction of sp³-hybridized carbons (Fsp3) is 0.136. The van der Waals surface area contributed by atoms with Gasteiger partial charge in [-0.3, -0.25) is 4.31 Å². The molecule has 0 saturated carbocycles. The Hall–Kier alpha value is -3.32. The number of amides is 2. The fourth-order valence-corrected chi connectivity index (χ4v) is 4.87. The molecule has 7 heteroatoms. The van der Waals surface area contributed by atoms with E-state index in [0.717, 1.165) is 11.1 Å². The summed E-state index contributed by atoms with van der Waals surface area (Å²) in [6, 6.07) is 20.9. The van der Waals surface area contributed by atoms with Crippen molar-refractivity contribution in [2.45, 2.75) is 18.2 Å². The molecular formula is C22H21N3O3S. The molecule has 0 fully saturated rings. The van der Waals surface area contributed by atoms with E-state index in [9.17, 15) is 13.2 Å². The minimum Gasteiger partial charge on any atom is -0.308 e. The van der Waals surface area contributed by atoms with Gasteiger partial charge in [-0.2, -0.15) is 0 Å². The molecule has 29 heavy (non-hydrogen) atoms. The van der Waals surface area contributed by atoms with Crippen molar-refractivity contribution in [1.82, 2.24) is 0 Å². The lowest BCUT2D eigenvalue weighted by Gasteiger charge is -2.19. The molecule has 1 heterocycles. The summed E-state index contributed by atoms with van der Waals surface area (Å²) in [5, 5.41) is 5.59. The number of benzene rings is 3. The molecule has 6 nitrogen and oxygen atoms in total. The minimum absolute atomic E-state index is 0.271. The summed E-state index contributed by atoms with van der Waals surface area (Å²) < 4.78 is 27.3. The van der Waals surface area contributed by atoms with Crippen LogP contribution in [0.25, 0.3) is 0 Å². The second kappa shape index (κ2) is 7.60. The van der Waals surface area contributed by atoms with Crippen molar-refractivity contribution < 1.29 is 13.2 Å². The average molecular weight is 407 g/mol. The topological polar surface area (TPSA) is 78.5 Å². The lowest BCUT2D eigenvalue weighted by molar-refractivity contribution is 0.262. The quantitative estimate of drug-likeness (QED) is 0.673. The van der Waals surface area contributed by atoms with E-state index >= 15 is 0 Å². The van der Waals surface area contributed by atoms with Gasteiger partial charge in [0.15, 0.2) is 0 Å². The van der Waals surface area contributed by atoms with Gasteiger partial charge < -0.3 is 10.6 Å². The lowest BCUT2D eigenvalue weighted by atomic mass is 10.1. The molecule has 3 aromatic carbocycles. The van der Waals surface area contributed by atoms with Crippen LogP contribution in [0.2, 0.25) is 0 Å². The molecule has 1 aliphatic heterocycles. The highest BCUT2D eigenvalue weighted by atomic mass is 32.2. The van der Waals surface area contributed by atoms with Crippen LogP contribution in [0.5, 0.6) is 0 Å². The van der Waals surface area contributed by atoms with E-state index in [1.807, 2.05) is 37.3 Å². The minimum atomic E-state index is -3.60. The van der Waals surface area contributed by atoms with Crippen LogP contribution >= 0.6 is 0 Å². The van der Waals surface area contributed by atoms with Crippen molar-refractivity contribution >= 4 is 33.1 Å². The maximum absolute atomic E-state index is 12.9. The predicted molar refractivity (Wildman–Crippen MR) is 115 cm³/mol. The number of sulfonamides is 1. The van der Waals surface area contributed by atoms with Gasteiger partial charge in [0.2, 0.25) is 0 Å². The van der Waals surface area contributed by atoms with Crippen molar-refractivity contribution in [3.63, 3.8) is 0 Å². The van der Waals surface area contributed by atoms with Crippen molar-refractivity contribution in [3.8, 4) is 0 Å². The smallest absolute Gasteiger partial charge is 0.308 e. The third-order valence-corrected chi connectivity index (χ3v) is 6.66. The number of nitrogens with one attached hydrogen (secondary N) is 2. The zero-order valence-corrected chi connectivity index (χ0v) is 16.7. The Balaban J connectivity index is 1.50. The summed E-state index contributed by atoms with van der Waals surface area (Å²) >= 11 is 0. The molecule has 0 aromatic heterocycles. The van der Waals surface area contributed by atoms with Crippen LogP contribution < -0.4 is 14.9 Å². The number of nitrogens with zero attached hydrogens (tertiary/aromatic N) is 1. The van der Waals surface area contributed by atoms with E-state index in [0.29, 0.717) is 30.0 Å². The summed E-state index contributed by atoms with van der Waals surface area (Å²) in [6.07, 6.45) is 0.594. The standard InChI is InChI=1S/C22H21N3O3S/c1-16-7-9-18(10-8-16)23-22(26)24-19-11-12-21-17(15-19)13-14-25(21)29(27,28)20-5-3-2-4-6-20/h2-12,15H,13-14H2,1H3,(H2,23,24,26). The first-order valence-corrected chi connectivity index (χ1v) is 10.7. The first-order chi connectivity index (χ1) is 13.9. The number of carbonyl (C=O) groups is 1. The predicted octanol–water partition coefficient (Wildman–Crippen LogP) is 4.39. The zero-order chi connectivity index (χ0) is 20.4.